The number of rotatable bonds is 13. The van der Waals surface area contributed by atoms with Crippen LogP contribution in [0.15, 0.2) is 49.1 Å². The molecule has 0 aliphatic rings. The van der Waals surface area contributed by atoms with Crippen LogP contribution in [0.3, 0.4) is 0 Å². The van der Waals surface area contributed by atoms with Crippen molar-refractivity contribution in [3.8, 4) is 0 Å². The fourth-order valence-electron chi connectivity index (χ4n) is 3.84. The van der Waals surface area contributed by atoms with Gasteiger partial charge in [0.25, 0.3) is 0 Å². The largest absolute Gasteiger partial charge is 0.490 e. The van der Waals surface area contributed by atoms with Gasteiger partial charge in [-0.2, -0.15) is 13.2 Å². The summed E-state index contributed by atoms with van der Waals surface area (Å²) in [6.07, 6.45) is -4.83. The summed E-state index contributed by atoms with van der Waals surface area (Å²) in [6, 6.07) is 6.78. The first-order chi connectivity index (χ1) is 17.4. The molecule has 2 aromatic rings. The third-order valence-electron chi connectivity index (χ3n) is 5.50. The minimum absolute atomic E-state index is 0.0347. The SMILES string of the molecule is C=CCCCc1ccc(C)cc1CNC[C@@H](OC(=O)C(F)(F)F)[C@H](Cc1cc(F)cc(F)c1)NC(=O)O. The van der Waals surface area contributed by atoms with Crippen molar-refractivity contribution in [2.45, 2.75) is 57.5 Å². The minimum Gasteiger partial charge on any atom is -0.465 e. The van der Waals surface area contributed by atoms with Crippen LogP contribution in [-0.4, -0.2) is 42.0 Å². The van der Waals surface area contributed by atoms with Gasteiger partial charge in [0.2, 0.25) is 0 Å². The number of carboxylic acid groups (broad SMARTS) is 1. The van der Waals surface area contributed by atoms with Gasteiger partial charge in [0, 0.05) is 19.2 Å². The van der Waals surface area contributed by atoms with Gasteiger partial charge in [0.05, 0.1) is 6.04 Å². The smallest absolute Gasteiger partial charge is 0.465 e. The molecule has 0 aliphatic heterocycles. The molecule has 0 heterocycles. The van der Waals surface area contributed by atoms with E-state index >= 15 is 0 Å². The summed E-state index contributed by atoms with van der Waals surface area (Å²) in [5.41, 5.74) is 2.81. The first kappa shape index (κ1) is 29.8. The highest BCUT2D eigenvalue weighted by atomic mass is 19.4. The maximum absolute atomic E-state index is 13.7. The van der Waals surface area contributed by atoms with Crippen LogP contribution in [0.1, 0.15) is 35.1 Å². The van der Waals surface area contributed by atoms with E-state index in [1.807, 2.05) is 30.4 Å². The van der Waals surface area contributed by atoms with Gasteiger partial charge >= 0.3 is 18.2 Å². The predicted octanol–water partition coefficient (Wildman–Crippen LogP) is 5.22. The van der Waals surface area contributed by atoms with E-state index in [1.54, 1.807) is 6.08 Å². The van der Waals surface area contributed by atoms with Crippen molar-refractivity contribution in [1.82, 2.24) is 10.6 Å². The molecule has 0 saturated heterocycles. The van der Waals surface area contributed by atoms with E-state index in [-0.39, 0.29) is 18.7 Å². The lowest BCUT2D eigenvalue weighted by atomic mass is 9.98. The molecule has 0 radical (unpaired) electrons. The van der Waals surface area contributed by atoms with Crippen LogP contribution in [0.4, 0.5) is 26.7 Å². The quantitative estimate of drug-likeness (QED) is 0.144. The number of carbonyl (C=O) groups is 2. The summed E-state index contributed by atoms with van der Waals surface area (Å²) in [5.74, 6) is -4.41. The van der Waals surface area contributed by atoms with E-state index in [4.69, 9.17) is 0 Å². The van der Waals surface area contributed by atoms with E-state index in [1.165, 1.54) is 0 Å². The zero-order valence-corrected chi connectivity index (χ0v) is 20.2. The van der Waals surface area contributed by atoms with Crippen LogP contribution in [0.5, 0.6) is 0 Å². The Bertz CT molecular complexity index is 1070. The lowest BCUT2D eigenvalue weighted by Gasteiger charge is -2.28. The zero-order chi connectivity index (χ0) is 27.6. The Hall–Kier alpha value is -3.47. The average Bonchev–Trinajstić information content (AvgIpc) is 2.77. The van der Waals surface area contributed by atoms with Gasteiger partial charge in [-0.05, 0) is 61.4 Å². The van der Waals surface area contributed by atoms with Crippen LogP contribution >= 0.6 is 0 Å². The molecule has 0 saturated carbocycles. The second-order valence-corrected chi connectivity index (χ2v) is 8.56. The summed E-state index contributed by atoms with van der Waals surface area (Å²) in [4.78, 5) is 23.0. The maximum Gasteiger partial charge on any atom is 0.490 e. The molecule has 2 atom stereocenters. The van der Waals surface area contributed by atoms with Gasteiger partial charge in [-0.1, -0.05) is 29.8 Å². The number of halogens is 5. The number of benzene rings is 2. The third-order valence-corrected chi connectivity index (χ3v) is 5.50. The van der Waals surface area contributed by atoms with Gasteiger partial charge in [0.15, 0.2) is 0 Å². The highest BCUT2D eigenvalue weighted by Crippen LogP contribution is 2.20. The lowest BCUT2D eigenvalue weighted by Crippen LogP contribution is -2.51. The Morgan fingerprint density at radius 1 is 1.11 bits per heavy atom. The number of hydrogen-bond donors (Lipinski definition) is 3. The highest BCUT2D eigenvalue weighted by Gasteiger charge is 2.43. The standard InChI is InChI=1S/C26H29F5N2O4/c1-3-4-5-6-18-8-7-16(2)9-19(18)14-32-15-23(37-24(34)26(29,30)31)22(33-25(35)36)12-17-10-20(27)13-21(28)11-17/h3,7-11,13,22-23,32-33H,1,4-6,12,14-15H2,2H3,(H,35,36)/t22-,23+/m0/s1. The molecule has 0 unspecified atom stereocenters. The first-order valence-corrected chi connectivity index (χ1v) is 11.5. The van der Waals surface area contributed by atoms with Gasteiger partial charge in [-0.25, -0.2) is 18.4 Å². The number of unbranched alkanes of at least 4 members (excludes halogenated alkanes) is 1. The van der Waals surface area contributed by atoms with E-state index in [0.29, 0.717) is 6.07 Å². The van der Waals surface area contributed by atoms with Crippen molar-refractivity contribution in [1.29, 1.82) is 0 Å². The molecule has 2 rings (SSSR count). The molecule has 0 aromatic heterocycles. The second kappa shape index (κ2) is 13.7. The summed E-state index contributed by atoms with van der Waals surface area (Å²) in [7, 11) is 0. The molecule has 3 N–H and O–H groups in total. The molecule has 1 amide bonds. The van der Waals surface area contributed by atoms with E-state index in [2.05, 4.69) is 16.6 Å². The molecule has 6 nitrogen and oxygen atoms in total. The number of nitrogens with one attached hydrogen (secondary N) is 2. The van der Waals surface area contributed by atoms with Gasteiger partial charge < -0.3 is 20.5 Å². The summed E-state index contributed by atoms with van der Waals surface area (Å²) >= 11 is 0. The van der Waals surface area contributed by atoms with Crippen LogP contribution in [0.25, 0.3) is 0 Å². The number of esters is 1. The number of amides is 1. The van der Waals surface area contributed by atoms with Gasteiger partial charge in [-0.15, -0.1) is 6.58 Å². The zero-order valence-electron chi connectivity index (χ0n) is 20.2. The topological polar surface area (TPSA) is 87.7 Å². The number of carbonyl (C=O) groups excluding carboxylic acids is 1. The molecule has 0 aliphatic carbocycles. The summed E-state index contributed by atoms with van der Waals surface area (Å²) < 4.78 is 70.8. The Balaban J connectivity index is 2.26. The monoisotopic (exact) mass is 528 g/mol. The van der Waals surface area contributed by atoms with E-state index in [9.17, 15) is 36.6 Å². The molecular weight excluding hydrogens is 499 g/mol. The average molecular weight is 529 g/mol. The number of alkyl halides is 3. The Morgan fingerprint density at radius 2 is 1.78 bits per heavy atom. The number of allylic oxidation sites excluding steroid dienone is 1. The van der Waals surface area contributed by atoms with Crippen LogP contribution in [-0.2, 0) is 28.9 Å². The molecule has 2 aromatic carbocycles. The number of aryl methyl sites for hydroxylation is 2. The van der Waals surface area contributed by atoms with Crippen molar-refractivity contribution in [3.05, 3.63) is 82.9 Å². The Morgan fingerprint density at radius 3 is 2.38 bits per heavy atom. The van der Waals surface area contributed by atoms with Crippen molar-refractivity contribution >= 4 is 12.1 Å². The molecule has 0 spiro atoms. The Kier molecular flexibility index (Phi) is 11.0. The maximum atomic E-state index is 13.7. The van der Waals surface area contributed by atoms with Gasteiger partial charge in [0.1, 0.15) is 17.7 Å². The highest BCUT2D eigenvalue weighted by molar-refractivity contribution is 5.76. The normalized spacial score (nSPS) is 13.0. The van der Waals surface area contributed by atoms with Crippen molar-refractivity contribution in [3.63, 3.8) is 0 Å². The van der Waals surface area contributed by atoms with Crippen molar-refractivity contribution in [2.75, 3.05) is 6.54 Å². The molecule has 202 valence electrons. The van der Waals surface area contributed by atoms with Crippen molar-refractivity contribution < 1.29 is 41.4 Å². The molecular formula is C26H29F5N2O4. The molecule has 37 heavy (non-hydrogen) atoms. The Labute approximate surface area is 211 Å². The van der Waals surface area contributed by atoms with E-state index < -0.39 is 48.4 Å². The summed E-state index contributed by atoms with van der Waals surface area (Å²) in [6.45, 7) is 5.40. The molecule has 0 bridgehead atoms. The molecule has 11 heteroatoms. The predicted molar refractivity (Wildman–Crippen MR) is 127 cm³/mol. The van der Waals surface area contributed by atoms with Crippen LogP contribution in [0.2, 0.25) is 0 Å². The van der Waals surface area contributed by atoms with Gasteiger partial charge in [-0.3, -0.25) is 0 Å². The van der Waals surface area contributed by atoms with Crippen LogP contribution < -0.4 is 10.6 Å². The van der Waals surface area contributed by atoms with Crippen LogP contribution in [0, 0.1) is 18.6 Å². The fourth-order valence-corrected chi connectivity index (χ4v) is 3.84. The van der Waals surface area contributed by atoms with Crippen molar-refractivity contribution in [2.24, 2.45) is 0 Å². The minimum atomic E-state index is -5.33. The number of ether oxygens (including phenoxy) is 1. The second-order valence-electron chi connectivity index (χ2n) is 8.56. The number of hydrogen-bond acceptors (Lipinski definition) is 4. The molecule has 0 fully saturated rings. The third kappa shape index (κ3) is 10.2. The van der Waals surface area contributed by atoms with E-state index in [0.717, 1.165) is 48.1 Å². The summed E-state index contributed by atoms with van der Waals surface area (Å²) in [5, 5.41) is 14.2. The fraction of sp³-hybridized carbons (Fsp3) is 0.385. The lowest BCUT2D eigenvalue weighted by molar-refractivity contribution is -0.205. The first-order valence-electron chi connectivity index (χ1n) is 11.5.